The summed E-state index contributed by atoms with van der Waals surface area (Å²) in [7, 11) is 5.47. The summed E-state index contributed by atoms with van der Waals surface area (Å²) in [5.41, 5.74) is 0.672. The van der Waals surface area contributed by atoms with Crippen LogP contribution in [0.1, 0.15) is 5.89 Å². The maximum Gasteiger partial charge on any atom is 0.265 e. The number of anilines is 1. The van der Waals surface area contributed by atoms with E-state index in [4.69, 9.17) is 4.52 Å². The Bertz CT molecular complexity index is 813. The van der Waals surface area contributed by atoms with Gasteiger partial charge < -0.3 is 14.0 Å². The highest BCUT2D eigenvalue weighted by Gasteiger charge is 2.12. The smallest absolute Gasteiger partial charge is 0.265 e. The lowest BCUT2D eigenvalue weighted by atomic mass is 10.3. The van der Waals surface area contributed by atoms with Gasteiger partial charge >= 0.3 is 0 Å². The summed E-state index contributed by atoms with van der Waals surface area (Å²) in [6, 6.07) is 1.51. The molecule has 0 atom stereocenters. The minimum atomic E-state index is -0.0520. The van der Waals surface area contributed by atoms with Gasteiger partial charge in [-0.3, -0.25) is 9.48 Å². The van der Waals surface area contributed by atoms with Crippen LogP contribution in [0.3, 0.4) is 0 Å². The molecule has 3 rings (SSSR count). The third kappa shape index (κ3) is 1.94. The lowest BCUT2D eigenvalue weighted by Crippen LogP contribution is -2.12. The average molecular weight is 274 g/mol. The molecule has 0 aliphatic rings. The summed E-state index contributed by atoms with van der Waals surface area (Å²) in [6.07, 6.45) is 3.26. The van der Waals surface area contributed by atoms with Crippen LogP contribution in [-0.4, -0.2) is 38.6 Å². The van der Waals surface area contributed by atoms with Gasteiger partial charge in [0.2, 0.25) is 5.89 Å². The van der Waals surface area contributed by atoms with Crippen LogP contribution in [0.4, 0.5) is 5.95 Å². The third-order valence-electron chi connectivity index (χ3n) is 3.01. The van der Waals surface area contributed by atoms with E-state index in [2.05, 4.69) is 15.2 Å². The second-order valence-electron chi connectivity index (χ2n) is 4.70. The fraction of sp³-hybridized carbons (Fsp3) is 0.333. The van der Waals surface area contributed by atoms with Crippen molar-refractivity contribution >= 4 is 17.0 Å². The molecule has 0 aromatic carbocycles. The van der Waals surface area contributed by atoms with E-state index in [1.165, 1.54) is 6.07 Å². The van der Waals surface area contributed by atoms with E-state index >= 15 is 0 Å². The van der Waals surface area contributed by atoms with Crippen molar-refractivity contribution in [2.24, 2.45) is 7.05 Å². The molecule has 0 amide bonds. The Morgan fingerprint density at radius 2 is 2.20 bits per heavy atom. The number of hydrogen-bond acceptors (Lipinski definition) is 6. The van der Waals surface area contributed by atoms with Gasteiger partial charge in [0.15, 0.2) is 5.43 Å². The average Bonchev–Trinajstić information content (AvgIpc) is 3.01. The molecule has 0 saturated heterocycles. The maximum atomic E-state index is 11.8. The molecule has 3 aromatic rings. The van der Waals surface area contributed by atoms with E-state index in [1.54, 1.807) is 29.0 Å². The largest absolute Gasteiger partial charge is 0.344 e. The van der Waals surface area contributed by atoms with Gasteiger partial charge in [-0.15, -0.1) is 0 Å². The Morgan fingerprint density at radius 3 is 2.90 bits per heavy atom. The zero-order valence-electron chi connectivity index (χ0n) is 11.4. The highest BCUT2D eigenvalue weighted by Crippen LogP contribution is 2.12. The summed E-state index contributed by atoms with van der Waals surface area (Å²) in [4.78, 5) is 17.8. The van der Waals surface area contributed by atoms with E-state index in [-0.39, 0.29) is 5.43 Å². The van der Waals surface area contributed by atoms with Gasteiger partial charge in [0, 0.05) is 33.4 Å². The van der Waals surface area contributed by atoms with E-state index < -0.39 is 0 Å². The topological polar surface area (TPSA) is 82.0 Å². The molecule has 104 valence electrons. The van der Waals surface area contributed by atoms with Crippen LogP contribution in [0, 0.1) is 0 Å². The van der Waals surface area contributed by atoms with Gasteiger partial charge in [0.1, 0.15) is 12.2 Å². The number of aromatic nitrogens is 5. The highest BCUT2D eigenvalue weighted by molar-refractivity contribution is 5.74. The zero-order chi connectivity index (χ0) is 14.3. The molecule has 0 radical (unpaired) electrons. The standard InChI is InChI=1S/C12H14N6O2/c1-16(2)12-14-10(20-15-12)7-18-5-4-9(19)8-6-13-17(3)11(8)18/h4-6H,7H2,1-3H3. The Balaban J connectivity index is 2.04. The van der Waals surface area contributed by atoms with E-state index in [0.717, 1.165) is 5.65 Å². The molecule has 0 unspecified atom stereocenters. The van der Waals surface area contributed by atoms with Crippen molar-refractivity contribution in [3.05, 3.63) is 34.6 Å². The number of aryl methyl sites for hydroxylation is 1. The summed E-state index contributed by atoms with van der Waals surface area (Å²) < 4.78 is 8.70. The normalized spacial score (nSPS) is 11.2. The molecule has 0 N–H and O–H groups in total. The third-order valence-corrected chi connectivity index (χ3v) is 3.01. The van der Waals surface area contributed by atoms with Crippen LogP contribution in [-0.2, 0) is 13.6 Å². The van der Waals surface area contributed by atoms with Crippen LogP contribution in [0.5, 0.6) is 0 Å². The van der Waals surface area contributed by atoms with Gasteiger partial charge in [0.05, 0.1) is 11.6 Å². The van der Waals surface area contributed by atoms with Crippen LogP contribution < -0.4 is 10.3 Å². The van der Waals surface area contributed by atoms with Crippen molar-refractivity contribution in [1.82, 2.24) is 24.5 Å². The van der Waals surface area contributed by atoms with Gasteiger partial charge in [-0.05, 0) is 5.16 Å². The molecular weight excluding hydrogens is 260 g/mol. The number of fused-ring (bicyclic) bond motifs is 1. The second kappa shape index (κ2) is 4.48. The quantitative estimate of drug-likeness (QED) is 0.680. The molecule has 0 saturated carbocycles. The summed E-state index contributed by atoms with van der Waals surface area (Å²) in [5.74, 6) is 0.988. The summed E-state index contributed by atoms with van der Waals surface area (Å²) >= 11 is 0. The first-order chi connectivity index (χ1) is 9.56. The SMILES string of the molecule is CN(C)c1noc(Cn2ccc(=O)c3cnn(C)c32)n1. The molecule has 3 heterocycles. The Morgan fingerprint density at radius 1 is 1.40 bits per heavy atom. The molecule has 0 spiro atoms. The molecular formula is C12H14N6O2. The predicted octanol–water partition coefficient (Wildman–Crippen LogP) is 0.232. The lowest BCUT2D eigenvalue weighted by molar-refractivity contribution is 0.371. The van der Waals surface area contributed by atoms with Crippen molar-refractivity contribution in [1.29, 1.82) is 0 Å². The van der Waals surface area contributed by atoms with Crippen LogP contribution >= 0.6 is 0 Å². The monoisotopic (exact) mass is 274 g/mol. The highest BCUT2D eigenvalue weighted by atomic mass is 16.5. The zero-order valence-corrected chi connectivity index (χ0v) is 11.4. The first kappa shape index (κ1) is 12.4. The van der Waals surface area contributed by atoms with Crippen molar-refractivity contribution in [3.63, 3.8) is 0 Å². The minimum Gasteiger partial charge on any atom is -0.344 e. The first-order valence-electron chi connectivity index (χ1n) is 6.07. The number of hydrogen-bond donors (Lipinski definition) is 0. The van der Waals surface area contributed by atoms with Crippen molar-refractivity contribution in [2.45, 2.75) is 6.54 Å². The van der Waals surface area contributed by atoms with Crippen LogP contribution in [0.15, 0.2) is 27.8 Å². The fourth-order valence-electron chi connectivity index (χ4n) is 2.03. The first-order valence-corrected chi connectivity index (χ1v) is 6.07. The molecule has 0 fully saturated rings. The van der Waals surface area contributed by atoms with Crippen molar-refractivity contribution in [3.8, 4) is 0 Å². The van der Waals surface area contributed by atoms with E-state index in [9.17, 15) is 4.79 Å². The minimum absolute atomic E-state index is 0.0520. The summed E-state index contributed by atoms with van der Waals surface area (Å²) in [5, 5.41) is 8.55. The molecule has 20 heavy (non-hydrogen) atoms. The number of nitrogens with zero attached hydrogens (tertiary/aromatic N) is 6. The molecule has 3 aromatic heterocycles. The molecule has 0 bridgehead atoms. The molecule has 8 nitrogen and oxygen atoms in total. The molecule has 8 heteroatoms. The van der Waals surface area contributed by atoms with Crippen molar-refractivity contribution in [2.75, 3.05) is 19.0 Å². The number of rotatable bonds is 3. The van der Waals surface area contributed by atoms with Crippen LogP contribution in [0.25, 0.3) is 11.0 Å². The lowest BCUT2D eigenvalue weighted by Gasteiger charge is -2.06. The van der Waals surface area contributed by atoms with Gasteiger partial charge in [-0.1, -0.05) is 0 Å². The van der Waals surface area contributed by atoms with Gasteiger partial charge in [-0.2, -0.15) is 10.1 Å². The van der Waals surface area contributed by atoms with E-state index in [1.807, 2.05) is 18.7 Å². The van der Waals surface area contributed by atoms with Crippen molar-refractivity contribution < 1.29 is 4.52 Å². The Labute approximate surface area is 114 Å². The summed E-state index contributed by atoms with van der Waals surface area (Å²) in [6.45, 7) is 0.386. The fourth-order valence-corrected chi connectivity index (χ4v) is 2.03. The Hall–Kier alpha value is -2.64. The maximum absolute atomic E-state index is 11.8. The molecule has 0 aliphatic carbocycles. The predicted molar refractivity (Wildman–Crippen MR) is 72.7 cm³/mol. The van der Waals surface area contributed by atoms with E-state index in [0.29, 0.717) is 23.8 Å². The number of pyridine rings is 1. The molecule has 0 aliphatic heterocycles. The van der Waals surface area contributed by atoms with Crippen LogP contribution in [0.2, 0.25) is 0 Å². The van der Waals surface area contributed by atoms with Gasteiger partial charge in [0.25, 0.3) is 5.95 Å². The van der Waals surface area contributed by atoms with Gasteiger partial charge in [-0.25, -0.2) is 0 Å². The second-order valence-corrected chi connectivity index (χ2v) is 4.70. The Kier molecular flexibility index (Phi) is 2.78.